The van der Waals surface area contributed by atoms with E-state index in [1.807, 2.05) is 19.9 Å². The van der Waals surface area contributed by atoms with Crippen molar-refractivity contribution in [2.75, 3.05) is 33.1 Å². The number of hydrogen-bond donors (Lipinski definition) is 8. The maximum absolute atomic E-state index is 14.6. The molecule has 1 fully saturated rings. The smallest absolute Gasteiger partial charge is 0.255 e. The number of carbonyl (C=O) groups excluding carboxylic acids is 3. The van der Waals surface area contributed by atoms with Crippen molar-refractivity contribution in [3.05, 3.63) is 62.7 Å². The van der Waals surface area contributed by atoms with Crippen LogP contribution in [0.4, 0.5) is 5.69 Å². The number of ketones is 2. The van der Waals surface area contributed by atoms with Crippen molar-refractivity contribution >= 4 is 28.9 Å². The minimum Gasteiger partial charge on any atom is -0.509 e. The summed E-state index contributed by atoms with van der Waals surface area (Å²) in [7, 11) is 6.51. The largest absolute Gasteiger partial charge is 0.509 e. The first-order valence-electron chi connectivity index (χ1n) is 14.7. The molecule has 46 heavy (non-hydrogen) atoms. The fourth-order valence-electron chi connectivity index (χ4n) is 7.64. The topological polar surface area (TPSA) is 248 Å². The van der Waals surface area contributed by atoms with Crippen LogP contribution in [0, 0.1) is 30.6 Å². The van der Waals surface area contributed by atoms with Crippen molar-refractivity contribution in [3.8, 4) is 11.8 Å². The molecule has 4 atom stereocenters. The summed E-state index contributed by atoms with van der Waals surface area (Å²) in [5, 5.41) is 48.7. The van der Waals surface area contributed by atoms with Gasteiger partial charge in [-0.3, -0.25) is 19.3 Å². The van der Waals surface area contributed by atoms with Gasteiger partial charge in [0.25, 0.3) is 5.91 Å². The number of H-pyrrole nitrogens is 1. The van der Waals surface area contributed by atoms with Gasteiger partial charge in [0.15, 0.2) is 17.0 Å². The highest BCUT2D eigenvalue weighted by Crippen LogP contribution is 2.59. The van der Waals surface area contributed by atoms with Crippen LogP contribution >= 0.6 is 0 Å². The molecule has 0 unspecified atom stereocenters. The lowest BCUT2D eigenvalue weighted by molar-refractivity contribution is -0.139. The fraction of sp³-hybridized carbons (Fsp3) is 0.438. The molecule has 14 heteroatoms. The SMILES string of the molecule is Cc1cc(CNCc2cc(N(C)C)c3c(c2O)C(O)=C2C(=O)[C@]4(C#N)C(O)=C(C(N)=O)C(=O)[C@@H](N(C)C)[C@]4(N)C[C@]2(N)C3)[nH]c1C. The van der Waals surface area contributed by atoms with Gasteiger partial charge in [-0.1, -0.05) is 0 Å². The lowest BCUT2D eigenvalue weighted by Crippen LogP contribution is -2.80. The first-order valence-corrected chi connectivity index (χ1v) is 14.7. The number of aromatic hydroxyl groups is 1. The number of aliphatic hydroxyl groups excluding tert-OH is 2. The second kappa shape index (κ2) is 10.7. The molecule has 11 N–H and O–H groups in total. The number of nitrogens with zero attached hydrogens (tertiary/aromatic N) is 3. The second-order valence-electron chi connectivity index (χ2n) is 13.1. The molecule has 3 aliphatic rings. The Morgan fingerprint density at radius 3 is 2.30 bits per heavy atom. The monoisotopic (exact) mass is 632 g/mol. The Morgan fingerprint density at radius 2 is 1.78 bits per heavy atom. The van der Waals surface area contributed by atoms with E-state index in [0.29, 0.717) is 23.4 Å². The number of phenolic OH excluding ortho intramolecular Hbond substituents is 1. The van der Waals surface area contributed by atoms with E-state index in [1.165, 1.54) is 19.0 Å². The lowest BCUT2D eigenvalue weighted by atomic mass is 9.47. The number of fused-ring (bicyclic) bond motifs is 3. The molecule has 0 saturated heterocycles. The minimum absolute atomic E-state index is 0.0498. The summed E-state index contributed by atoms with van der Waals surface area (Å²) >= 11 is 0. The number of primary amides is 1. The molecule has 5 rings (SSSR count). The van der Waals surface area contributed by atoms with Gasteiger partial charge in [0.1, 0.15) is 22.8 Å². The molecule has 1 amide bonds. The Kier molecular flexibility index (Phi) is 7.61. The molecule has 1 saturated carbocycles. The van der Waals surface area contributed by atoms with E-state index in [2.05, 4.69) is 10.3 Å². The Morgan fingerprint density at radius 1 is 1.13 bits per heavy atom. The van der Waals surface area contributed by atoms with E-state index in [1.54, 1.807) is 31.1 Å². The highest BCUT2D eigenvalue weighted by Gasteiger charge is 2.74. The number of benzene rings is 1. The molecule has 0 radical (unpaired) electrons. The summed E-state index contributed by atoms with van der Waals surface area (Å²) in [5.74, 6) is -5.65. The van der Waals surface area contributed by atoms with Crippen molar-refractivity contribution < 1.29 is 29.7 Å². The van der Waals surface area contributed by atoms with Crippen molar-refractivity contribution in [2.24, 2.45) is 22.6 Å². The molecule has 1 heterocycles. The minimum atomic E-state index is -2.71. The zero-order chi connectivity index (χ0) is 34.3. The number of aryl methyl sites for hydroxylation is 2. The highest BCUT2D eigenvalue weighted by atomic mass is 16.3. The van der Waals surface area contributed by atoms with Gasteiger partial charge in [-0.15, -0.1) is 0 Å². The summed E-state index contributed by atoms with van der Waals surface area (Å²) in [5.41, 5.74) is 15.8. The van der Waals surface area contributed by atoms with E-state index < -0.39 is 69.1 Å². The molecule has 3 aliphatic carbocycles. The molecule has 0 aliphatic heterocycles. The summed E-state index contributed by atoms with van der Waals surface area (Å²) in [4.78, 5) is 47.0. The van der Waals surface area contributed by atoms with E-state index in [4.69, 9.17) is 17.2 Å². The average Bonchev–Trinajstić information content (AvgIpc) is 3.24. The van der Waals surface area contributed by atoms with Gasteiger partial charge < -0.3 is 47.7 Å². The number of Topliss-reactive ketones (excluding diaryl/α,β-unsaturated/α-hetero) is 2. The molecule has 14 nitrogen and oxygen atoms in total. The average molecular weight is 633 g/mol. The number of likely N-dealkylation sites (N-methyl/N-ethyl adjacent to an activating group) is 1. The van der Waals surface area contributed by atoms with E-state index in [9.17, 15) is 35.0 Å². The Balaban J connectivity index is 1.72. The summed E-state index contributed by atoms with van der Waals surface area (Å²) < 4.78 is 0. The van der Waals surface area contributed by atoms with Crippen LogP contribution in [0.2, 0.25) is 0 Å². The molecular weight excluding hydrogens is 592 g/mol. The van der Waals surface area contributed by atoms with Gasteiger partial charge in [0, 0.05) is 49.8 Å². The number of aromatic amines is 1. The van der Waals surface area contributed by atoms with E-state index >= 15 is 0 Å². The number of amides is 1. The lowest BCUT2D eigenvalue weighted by Gasteiger charge is -2.58. The maximum Gasteiger partial charge on any atom is 0.255 e. The molecule has 2 aromatic rings. The van der Waals surface area contributed by atoms with Crippen molar-refractivity contribution in [1.29, 1.82) is 5.26 Å². The van der Waals surface area contributed by atoms with Gasteiger partial charge >= 0.3 is 0 Å². The number of phenols is 1. The Bertz CT molecular complexity index is 1800. The molecule has 0 bridgehead atoms. The number of aliphatic hydroxyl groups is 2. The van der Waals surface area contributed by atoms with Gasteiger partial charge in [-0.2, -0.15) is 5.26 Å². The number of hydrogen-bond acceptors (Lipinski definition) is 12. The van der Waals surface area contributed by atoms with Crippen molar-refractivity contribution in [2.45, 2.75) is 56.9 Å². The van der Waals surface area contributed by atoms with Crippen molar-refractivity contribution in [1.82, 2.24) is 15.2 Å². The first kappa shape index (κ1) is 32.7. The number of rotatable bonds is 7. The van der Waals surface area contributed by atoms with E-state index in [-0.39, 0.29) is 24.3 Å². The quantitative estimate of drug-likeness (QED) is 0.191. The van der Waals surface area contributed by atoms with Crippen LogP contribution in [0.5, 0.6) is 5.75 Å². The van der Waals surface area contributed by atoms with Crippen LogP contribution < -0.4 is 27.4 Å². The number of aromatic nitrogens is 1. The Hall–Kier alpha value is -4.68. The normalized spacial score (nSPS) is 27.3. The highest BCUT2D eigenvalue weighted by molar-refractivity contribution is 6.25. The standard InChI is InChI=1S/C32H40N8O6/c1-14-7-17(38-15(14)2)11-37-10-16-8-19(39(3)4)18-9-30(35)12-32(36)26(40(5)6)25(43)21(29(34)46)27(44)31(32,13-33)28(45)22(30)24(42)20(18)23(16)41/h7-8,26,37-38,41-42,44H,9-12,35-36H2,1-6H3,(H2,34,46)/t26-,30-,31+,32-/m1/s1. The number of nitrogens with one attached hydrogen (secondary N) is 2. The number of nitrogens with two attached hydrogens (primary N) is 3. The molecule has 0 spiro atoms. The van der Waals surface area contributed by atoms with Crippen LogP contribution in [0.3, 0.4) is 0 Å². The zero-order valence-corrected chi connectivity index (χ0v) is 26.7. The Labute approximate surface area is 266 Å². The summed E-state index contributed by atoms with van der Waals surface area (Å²) in [6, 6.07) is 4.10. The number of anilines is 1. The van der Waals surface area contributed by atoms with Gasteiger partial charge in [-0.25, -0.2) is 0 Å². The second-order valence-corrected chi connectivity index (χ2v) is 13.1. The van der Waals surface area contributed by atoms with Crippen LogP contribution in [-0.4, -0.2) is 88.0 Å². The van der Waals surface area contributed by atoms with Crippen LogP contribution in [0.25, 0.3) is 5.76 Å². The molecular formula is C32H40N8O6. The van der Waals surface area contributed by atoms with Gasteiger partial charge in [0.2, 0.25) is 0 Å². The predicted molar refractivity (Wildman–Crippen MR) is 169 cm³/mol. The third-order valence-corrected chi connectivity index (χ3v) is 9.75. The molecule has 1 aromatic carbocycles. The van der Waals surface area contributed by atoms with Crippen molar-refractivity contribution in [3.63, 3.8) is 0 Å². The summed E-state index contributed by atoms with van der Waals surface area (Å²) in [6.07, 6.45) is -0.556. The van der Waals surface area contributed by atoms with Crippen LogP contribution in [0.15, 0.2) is 29.0 Å². The van der Waals surface area contributed by atoms with Gasteiger partial charge in [-0.05, 0) is 64.0 Å². The summed E-state index contributed by atoms with van der Waals surface area (Å²) in [6.45, 7) is 4.62. The van der Waals surface area contributed by atoms with Gasteiger partial charge in [0.05, 0.1) is 34.3 Å². The first-order chi connectivity index (χ1) is 21.4. The van der Waals surface area contributed by atoms with E-state index in [0.717, 1.165) is 17.0 Å². The molecule has 244 valence electrons. The predicted octanol–water partition coefficient (Wildman–Crippen LogP) is 0.206. The third-order valence-electron chi connectivity index (χ3n) is 9.75. The van der Waals surface area contributed by atoms with Crippen LogP contribution in [-0.2, 0) is 33.9 Å². The number of carbonyl (C=O) groups is 3. The van der Waals surface area contributed by atoms with Crippen LogP contribution in [0.1, 0.15) is 40.1 Å². The molecule has 1 aromatic heterocycles. The zero-order valence-electron chi connectivity index (χ0n) is 26.7. The number of nitriles is 1. The third kappa shape index (κ3) is 4.27. The fourth-order valence-corrected chi connectivity index (χ4v) is 7.64. The maximum atomic E-state index is 14.6.